The normalized spacial score (nSPS) is 10.6. The van der Waals surface area contributed by atoms with Crippen molar-refractivity contribution in [3.63, 3.8) is 0 Å². The van der Waals surface area contributed by atoms with Crippen LogP contribution in [0.3, 0.4) is 0 Å². The molecule has 1 amide bonds. The Morgan fingerprint density at radius 1 is 1.20 bits per heavy atom. The Hall–Kier alpha value is -2.67. The van der Waals surface area contributed by atoms with E-state index in [-0.39, 0.29) is 11.7 Å². The summed E-state index contributed by atoms with van der Waals surface area (Å²) in [4.78, 5) is 16.1. The largest absolute Gasteiger partial charge is 0.324 e. The summed E-state index contributed by atoms with van der Waals surface area (Å²) < 4.78 is 2.03. The van der Waals surface area contributed by atoms with E-state index in [9.17, 15) is 4.79 Å². The quantitative estimate of drug-likeness (QED) is 0.688. The van der Waals surface area contributed by atoms with Crippen LogP contribution in [-0.2, 0) is 11.3 Å². The van der Waals surface area contributed by atoms with Gasteiger partial charge >= 0.3 is 0 Å². The maximum absolute atomic E-state index is 12.1. The van der Waals surface area contributed by atoms with Gasteiger partial charge in [-0.05, 0) is 31.5 Å². The molecule has 7 heteroatoms. The molecule has 128 valence electrons. The van der Waals surface area contributed by atoms with Gasteiger partial charge in [0.1, 0.15) is 0 Å². The van der Waals surface area contributed by atoms with Crippen LogP contribution in [0, 0.1) is 6.92 Å². The predicted octanol–water partition coefficient (Wildman–Crippen LogP) is 3.40. The molecule has 1 N–H and O–H groups in total. The molecule has 2 heterocycles. The lowest BCUT2D eigenvalue weighted by Crippen LogP contribution is -2.14. The Kier molecular flexibility index (Phi) is 5.45. The first kappa shape index (κ1) is 17.2. The lowest BCUT2D eigenvalue weighted by Gasteiger charge is -2.09. The number of rotatable bonds is 6. The van der Waals surface area contributed by atoms with Crippen molar-refractivity contribution in [3.05, 3.63) is 54.4 Å². The Balaban J connectivity index is 1.71. The van der Waals surface area contributed by atoms with E-state index in [0.29, 0.717) is 5.69 Å². The molecule has 0 aliphatic rings. The summed E-state index contributed by atoms with van der Waals surface area (Å²) in [6.45, 7) is 4.84. The van der Waals surface area contributed by atoms with E-state index >= 15 is 0 Å². The van der Waals surface area contributed by atoms with Crippen LogP contribution >= 0.6 is 11.8 Å². The molecule has 0 bridgehead atoms. The van der Waals surface area contributed by atoms with Crippen molar-refractivity contribution in [2.45, 2.75) is 25.5 Å². The minimum Gasteiger partial charge on any atom is -0.324 e. The number of aromatic nitrogens is 4. The van der Waals surface area contributed by atoms with Gasteiger partial charge in [-0.3, -0.25) is 9.78 Å². The predicted molar refractivity (Wildman–Crippen MR) is 99.5 cm³/mol. The number of thioether (sulfide) groups is 1. The molecule has 3 aromatic rings. The molecule has 0 saturated carbocycles. The van der Waals surface area contributed by atoms with E-state index in [1.807, 2.05) is 29.7 Å². The second kappa shape index (κ2) is 7.94. The molecule has 25 heavy (non-hydrogen) atoms. The molecule has 0 radical (unpaired) electrons. The number of hydrogen-bond acceptors (Lipinski definition) is 5. The molecule has 0 aliphatic carbocycles. The molecular formula is C18H19N5OS. The molecule has 0 aliphatic heterocycles. The van der Waals surface area contributed by atoms with Gasteiger partial charge in [-0.25, -0.2) is 0 Å². The maximum Gasteiger partial charge on any atom is 0.234 e. The summed E-state index contributed by atoms with van der Waals surface area (Å²) in [5, 5.41) is 12.2. The number of carbonyl (C=O) groups excluding carboxylic acids is 1. The highest BCUT2D eigenvalue weighted by molar-refractivity contribution is 7.99. The first-order chi connectivity index (χ1) is 12.2. The average Bonchev–Trinajstić information content (AvgIpc) is 3.04. The fraction of sp³-hybridized carbons (Fsp3) is 0.222. The van der Waals surface area contributed by atoms with Crippen molar-refractivity contribution >= 4 is 23.4 Å². The van der Waals surface area contributed by atoms with Crippen molar-refractivity contribution < 1.29 is 4.79 Å². The van der Waals surface area contributed by atoms with Crippen LogP contribution in [0.1, 0.15) is 12.5 Å². The number of pyridine rings is 1. The van der Waals surface area contributed by atoms with Crippen molar-refractivity contribution in [1.29, 1.82) is 0 Å². The number of carbonyl (C=O) groups is 1. The van der Waals surface area contributed by atoms with Gasteiger partial charge in [-0.2, -0.15) is 0 Å². The molecule has 0 atom stereocenters. The summed E-state index contributed by atoms with van der Waals surface area (Å²) in [6, 6.07) is 11.7. The van der Waals surface area contributed by atoms with Gasteiger partial charge < -0.3 is 9.88 Å². The molecule has 0 unspecified atom stereocenters. The van der Waals surface area contributed by atoms with Gasteiger partial charge in [0.25, 0.3) is 0 Å². The molecule has 0 fully saturated rings. The topological polar surface area (TPSA) is 72.7 Å². The third-order valence-corrected chi connectivity index (χ3v) is 4.66. The Labute approximate surface area is 150 Å². The third kappa shape index (κ3) is 4.06. The number of aryl methyl sites for hydroxylation is 1. The van der Waals surface area contributed by atoms with Gasteiger partial charge in [0.05, 0.1) is 17.6 Å². The van der Waals surface area contributed by atoms with Crippen LogP contribution in [0.5, 0.6) is 0 Å². The minimum absolute atomic E-state index is 0.0962. The molecule has 6 nitrogen and oxygen atoms in total. The van der Waals surface area contributed by atoms with Crippen LogP contribution in [0.2, 0.25) is 0 Å². The maximum atomic E-state index is 12.1. The van der Waals surface area contributed by atoms with E-state index in [1.54, 1.807) is 24.5 Å². The Bertz CT molecular complexity index is 863. The van der Waals surface area contributed by atoms with Crippen LogP contribution in [-0.4, -0.2) is 31.4 Å². The summed E-state index contributed by atoms with van der Waals surface area (Å²) in [5.41, 5.74) is 2.89. The van der Waals surface area contributed by atoms with Crippen LogP contribution in [0.25, 0.3) is 11.4 Å². The van der Waals surface area contributed by atoms with Gasteiger partial charge in [-0.15, -0.1) is 10.2 Å². The van der Waals surface area contributed by atoms with Gasteiger partial charge in [0.15, 0.2) is 11.0 Å². The molecule has 0 saturated heterocycles. The number of benzene rings is 1. The number of hydrogen-bond donors (Lipinski definition) is 1. The van der Waals surface area contributed by atoms with Crippen molar-refractivity contribution in [3.8, 4) is 11.4 Å². The number of anilines is 1. The molecule has 2 aromatic heterocycles. The molecule has 1 aromatic carbocycles. The first-order valence-electron chi connectivity index (χ1n) is 8.01. The minimum atomic E-state index is -0.0962. The fourth-order valence-corrected chi connectivity index (χ4v) is 3.27. The second-order valence-corrected chi connectivity index (χ2v) is 6.39. The van der Waals surface area contributed by atoms with Gasteiger partial charge in [0, 0.05) is 18.3 Å². The molecular weight excluding hydrogens is 334 g/mol. The van der Waals surface area contributed by atoms with Gasteiger partial charge in [-0.1, -0.05) is 36.0 Å². The molecule has 3 rings (SSSR count). The van der Waals surface area contributed by atoms with Crippen molar-refractivity contribution in [1.82, 2.24) is 19.7 Å². The molecule has 0 spiro atoms. The highest BCUT2D eigenvalue weighted by atomic mass is 32.2. The van der Waals surface area contributed by atoms with E-state index in [4.69, 9.17) is 0 Å². The van der Waals surface area contributed by atoms with Crippen LogP contribution in [0.4, 0.5) is 5.69 Å². The number of amides is 1. The third-order valence-electron chi connectivity index (χ3n) is 3.70. The van der Waals surface area contributed by atoms with E-state index in [0.717, 1.165) is 28.7 Å². The van der Waals surface area contributed by atoms with Crippen molar-refractivity contribution in [2.24, 2.45) is 0 Å². The lowest BCUT2D eigenvalue weighted by atomic mass is 10.1. The summed E-state index contributed by atoms with van der Waals surface area (Å²) in [6.07, 6.45) is 3.29. The Morgan fingerprint density at radius 2 is 2.04 bits per heavy atom. The standard InChI is InChI=1S/C18H19N5OS/c1-3-23-17(15-9-5-4-7-13(15)2)21-22-18(23)25-12-16(24)20-14-8-6-10-19-11-14/h4-11H,3,12H2,1-2H3,(H,20,24). The zero-order chi connectivity index (χ0) is 17.6. The monoisotopic (exact) mass is 353 g/mol. The zero-order valence-electron chi connectivity index (χ0n) is 14.1. The lowest BCUT2D eigenvalue weighted by molar-refractivity contribution is -0.113. The smallest absolute Gasteiger partial charge is 0.234 e. The zero-order valence-corrected chi connectivity index (χ0v) is 15.0. The Morgan fingerprint density at radius 3 is 2.76 bits per heavy atom. The summed E-state index contributed by atoms with van der Waals surface area (Å²) in [5.74, 6) is 0.998. The highest BCUT2D eigenvalue weighted by Gasteiger charge is 2.15. The van der Waals surface area contributed by atoms with Crippen LogP contribution in [0.15, 0.2) is 53.9 Å². The SMILES string of the molecule is CCn1c(SCC(=O)Nc2cccnc2)nnc1-c1ccccc1C. The summed E-state index contributed by atoms with van der Waals surface area (Å²) >= 11 is 1.38. The van der Waals surface area contributed by atoms with E-state index < -0.39 is 0 Å². The van der Waals surface area contributed by atoms with Crippen molar-refractivity contribution in [2.75, 3.05) is 11.1 Å². The highest BCUT2D eigenvalue weighted by Crippen LogP contribution is 2.26. The fourth-order valence-electron chi connectivity index (χ4n) is 2.47. The number of nitrogens with zero attached hydrogens (tertiary/aromatic N) is 4. The summed E-state index contributed by atoms with van der Waals surface area (Å²) in [7, 11) is 0. The van der Waals surface area contributed by atoms with E-state index in [2.05, 4.69) is 33.5 Å². The van der Waals surface area contributed by atoms with Gasteiger partial charge in [0.2, 0.25) is 5.91 Å². The second-order valence-electron chi connectivity index (χ2n) is 5.44. The number of nitrogens with one attached hydrogen (secondary N) is 1. The average molecular weight is 353 g/mol. The van der Waals surface area contributed by atoms with E-state index in [1.165, 1.54) is 11.8 Å². The van der Waals surface area contributed by atoms with Crippen LogP contribution < -0.4 is 5.32 Å². The first-order valence-corrected chi connectivity index (χ1v) is 8.99.